The number of aromatic nitrogens is 4. The number of aryl methyl sites for hydroxylation is 1. The monoisotopic (exact) mass is 363 g/mol. The van der Waals surface area contributed by atoms with Crippen LogP contribution in [-0.2, 0) is 0 Å². The molecule has 1 saturated heterocycles. The summed E-state index contributed by atoms with van der Waals surface area (Å²) in [6.07, 6.45) is 3.43. The number of hydrogen-bond acceptors (Lipinski definition) is 5. The molecule has 1 aliphatic rings. The van der Waals surface area contributed by atoms with Crippen LogP contribution < -0.4 is 10.2 Å². The lowest BCUT2D eigenvalue weighted by molar-refractivity contribution is 0.208. The molecular weight excluding hydrogens is 342 g/mol. The van der Waals surface area contributed by atoms with Gasteiger partial charge < -0.3 is 15.1 Å². The van der Waals surface area contributed by atoms with Gasteiger partial charge in [-0.2, -0.15) is 5.10 Å². The van der Waals surface area contributed by atoms with Gasteiger partial charge in [0, 0.05) is 44.1 Å². The van der Waals surface area contributed by atoms with E-state index in [0.29, 0.717) is 13.1 Å². The Morgan fingerprint density at radius 3 is 2.44 bits per heavy atom. The SMILES string of the molecule is Cc1ccn(-c2cc(N3CCN(C(=O)Nc4ccccc4)CC3)ncn2)n1. The molecule has 0 aliphatic carbocycles. The maximum atomic E-state index is 12.4. The van der Waals surface area contributed by atoms with E-state index in [9.17, 15) is 4.79 Å². The van der Waals surface area contributed by atoms with Gasteiger partial charge in [0.15, 0.2) is 5.82 Å². The van der Waals surface area contributed by atoms with Crippen LogP contribution in [0.5, 0.6) is 0 Å². The highest BCUT2D eigenvalue weighted by atomic mass is 16.2. The summed E-state index contributed by atoms with van der Waals surface area (Å²) in [5, 5.41) is 7.32. The number of urea groups is 1. The van der Waals surface area contributed by atoms with Crippen LogP contribution in [-0.4, -0.2) is 56.9 Å². The first-order valence-electron chi connectivity index (χ1n) is 8.90. The van der Waals surface area contributed by atoms with Crippen molar-refractivity contribution in [3.05, 3.63) is 60.7 Å². The molecule has 3 aromatic rings. The van der Waals surface area contributed by atoms with E-state index < -0.39 is 0 Å². The number of para-hydroxylation sites is 1. The normalized spacial score (nSPS) is 14.3. The molecule has 138 valence electrons. The van der Waals surface area contributed by atoms with Crippen molar-refractivity contribution in [3.8, 4) is 5.82 Å². The van der Waals surface area contributed by atoms with Crippen LogP contribution in [0.2, 0.25) is 0 Å². The number of anilines is 2. The second kappa shape index (κ2) is 7.45. The summed E-state index contributed by atoms with van der Waals surface area (Å²) >= 11 is 0. The van der Waals surface area contributed by atoms with Gasteiger partial charge >= 0.3 is 6.03 Å². The summed E-state index contributed by atoms with van der Waals surface area (Å²) < 4.78 is 1.74. The molecule has 0 atom stereocenters. The number of nitrogens with one attached hydrogen (secondary N) is 1. The van der Waals surface area contributed by atoms with Crippen molar-refractivity contribution in [2.45, 2.75) is 6.92 Å². The lowest BCUT2D eigenvalue weighted by Gasteiger charge is -2.35. The van der Waals surface area contributed by atoms with Crippen LogP contribution in [0.15, 0.2) is 55.0 Å². The largest absolute Gasteiger partial charge is 0.353 e. The zero-order valence-corrected chi connectivity index (χ0v) is 15.1. The van der Waals surface area contributed by atoms with Crippen molar-refractivity contribution < 1.29 is 4.79 Å². The van der Waals surface area contributed by atoms with Crippen molar-refractivity contribution in [2.75, 3.05) is 36.4 Å². The number of carbonyl (C=O) groups excluding carboxylic acids is 1. The molecule has 0 spiro atoms. The predicted octanol–water partition coefficient (Wildman–Crippen LogP) is 2.32. The first-order chi connectivity index (χ1) is 13.2. The van der Waals surface area contributed by atoms with Crippen molar-refractivity contribution >= 4 is 17.5 Å². The number of amides is 2. The fourth-order valence-corrected chi connectivity index (χ4v) is 3.04. The Balaban J connectivity index is 1.38. The Hall–Kier alpha value is -3.42. The minimum absolute atomic E-state index is 0.0729. The first kappa shape index (κ1) is 17.0. The molecule has 2 aromatic heterocycles. The molecule has 1 fully saturated rings. The predicted molar refractivity (Wildman–Crippen MR) is 103 cm³/mol. The van der Waals surface area contributed by atoms with Gasteiger partial charge in [0.1, 0.15) is 12.1 Å². The van der Waals surface area contributed by atoms with Gasteiger partial charge in [0.2, 0.25) is 0 Å². The van der Waals surface area contributed by atoms with Crippen LogP contribution in [0.3, 0.4) is 0 Å². The standard InChI is InChI=1S/C19H21N7O/c1-15-7-8-26(23-15)18-13-17(20-14-21-18)24-9-11-25(12-10-24)19(27)22-16-5-3-2-4-6-16/h2-8,13-14H,9-12H2,1H3,(H,22,27). The first-order valence-corrected chi connectivity index (χ1v) is 8.90. The van der Waals surface area contributed by atoms with Crippen LogP contribution in [0.25, 0.3) is 5.82 Å². The van der Waals surface area contributed by atoms with Crippen molar-refractivity contribution in [1.29, 1.82) is 0 Å². The highest BCUT2D eigenvalue weighted by Crippen LogP contribution is 2.16. The summed E-state index contributed by atoms with van der Waals surface area (Å²) in [6, 6.07) is 13.3. The van der Waals surface area contributed by atoms with E-state index in [1.54, 1.807) is 11.0 Å². The lowest BCUT2D eigenvalue weighted by Crippen LogP contribution is -2.50. The summed E-state index contributed by atoms with van der Waals surface area (Å²) in [6.45, 7) is 4.66. The Bertz CT molecular complexity index is 917. The summed E-state index contributed by atoms with van der Waals surface area (Å²) in [7, 11) is 0. The van der Waals surface area contributed by atoms with Gasteiger partial charge in [-0.1, -0.05) is 18.2 Å². The number of piperazine rings is 1. The number of benzene rings is 1. The quantitative estimate of drug-likeness (QED) is 0.773. The van der Waals surface area contributed by atoms with Gasteiger partial charge in [0.25, 0.3) is 0 Å². The fourth-order valence-electron chi connectivity index (χ4n) is 3.04. The third kappa shape index (κ3) is 3.89. The molecule has 8 nitrogen and oxygen atoms in total. The molecule has 0 radical (unpaired) electrons. The number of carbonyl (C=O) groups is 1. The molecule has 0 saturated carbocycles. The van der Waals surface area contributed by atoms with Gasteiger partial charge in [-0.3, -0.25) is 0 Å². The molecule has 1 aliphatic heterocycles. The minimum atomic E-state index is -0.0729. The topological polar surface area (TPSA) is 79.2 Å². The summed E-state index contributed by atoms with van der Waals surface area (Å²) in [5.74, 6) is 1.58. The molecule has 4 rings (SSSR count). The smallest absolute Gasteiger partial charge is 0.321 e. The van der Waals surface area contributed by atoms with E-state index in [1.165, 1.54) is 0 Å². The molecule has 2 amide bonds. The Morgan fingerprint density at radius 2 is 1.74 bits per heavy atom. The fraction of sp³-hybridized carbons (Fsp3) is 0.263. The molecule has 1 N–H and O–H groups in total. The van der Waals surface area contributed by atoms with Gasteiger partial charge in [0.05, 0.1) is 5.69 Å². The van der Waals surface area contributed by atoms with E-state index in [2.05, 4.69) is 25.3 Å². The maximum Gasteiger partial charge on any atom is 0.321 e. The van der Waals surface area contributed by atoms with Crippen molar-refractivity contribution in [3.63, 3.8) is 0 Å². The van der Waals surface area contributed by atoms with Crippen LogP contribution in [0.4, 0.5) is 16.3 Å². The number of hydrogen-bond donors (Lipinski definition) is 1. The average molecular weight is 363 g/mol. The second-order valence-corrected chi connectivity index (χ2v) is 6.41. The minimum Gasteiger partial charge on any atom is -0.353 e. The number of rotatable bonds is 3. The Kier molecular flexibility index (Phi) is 4.69. The van der Waals surface area contributed by atoms with Gasteiger partial charge in [-0.25, -0.2) is 19.4 Å². The van der Waals surface area contributed by atoms with E-state index >= 15 is 0 Å². The maximum absolute atomic E-state index is 12.4. The number of nitrogens with zero attached hydrogens (tertiary/aromatic N) is 6. The highest BCUT2D eigenvalue weighted by molar-refractivity contribution is 5.89. The Labute approximate surface area is 157 Å². The van der Waals surface area contributed by atoms with Gasteiger partial charge in [-0.15, -0.1) is 0 Å². The zero-order chi connectivity index (χ0) is 18.6. The molecule has 3 heterocycles. The van der Waals surface area contributed by atoms with E-state index in [1.807, 2.05) is 60.5 Å². The second-order valence-electron chi connectivity index (χ2n) is 6.41. The van der Waals surface area contributed by atoms with Crippen LogP contribution in [0, 0.1) is 6.92 Å². The molecular formula is C19H21N7O. The van der Waals surface area contributed by atoms with E-state index in [4.69, 9.17) is 0 Å². The van der Waals surface area contributed by atoms with Crippen molar-refractivity contribution in [1.82, 2.24) is 24.6 Å². The van der Waals surface area contributed by atoms with Gasteiger partial charge in [-0.05, 0) is 25.1 Å². The van der Waals surface area contributed by atoms with Crippen LogP contribution in [0.1, 0.15) is 5.69 Å². The molecule has 8 heteroatoms. The van der Waals surface area contributed by atoms with Crippen molar-refractivity contribution in [2.24, 2.45) is 0 Å². The third-order valence-electron chi connectivity index (χ3n) is 4.51. The van der Waals surface area contributed by atoms with E-state index in [-0.39, 0.29) is 6.03 Å². The molecule has 0 unspecified atom stereocenters. The lowest BCUT2D eigenvalue weighted by atomic mass is 10.3. The average Bonchev–Trinajstić information content (AvgIpc) is 3.15. The summed E-state index contributed by atoms with van der Waals surface area (Å²) in [5.41, 5.74) is 1.74. The molecule has 1 aromatic carbocycles. The molecule has 27 heavy (non-hydrogen) atoms. The van der Waals surface area contributed by atoms with Crippen LogP contribution >= 0.6 is 0 Å². The Morgan fingerprint density at radius 1 is 1.00 bits per heavy atom. The molecule has 0 bridgehead atoms. The zero-order valence-electron chi connectivity index (χ0n) is 15.1. The highest BCUT2D eigenvalue weighted by Gasteiger charge is 2.22. The summed E-state index contributed by atoms with van der Waals surface area (Å²) in [4.78, 5) is 25.1. The third-order valence-corrected chi connectivity index (χ3v) is 4.51. The van der Waals surface area contributed by atoms with E-state index in [0.717, 1.165) is 36.1 Å².